The van der Waals surface area contributed by atoms with Crippen LogP contribution < -0.4 is 9.47 Å². The number of carbonyl (C=O) groups excluding carboxylic acids is 1. The Morgan fingerprint density at radius 2 is 1.73 bits per heavy atom. The van der Waals surface area contributed by atoms with Gasteiger partial charge in [-0.3, -0.25) is 4.79 Å². The zero-order valence-electron chi connectivity index (χ0n) is 26.8. The van der Waals surface area contributed by atoms with E-state index < -0.39 is 17.7 Å². The molecule has 0 aromatic heterocycles. The average Bonchev–Trinajstić information content (AvgIpc) is 3.42. The molecule has 1 saturated heterocycles. The number of rotatable bonds is 20. The Labute approximate surface area is 261 Å². The maximum Gasteiger partial charge on any atom is 0.309 e. The number of cyclic esters (lactones) is 1. The molecule has 4 atom stereocenters. The molecule has 242 valence electrons. The summed E-state index contributed by atoms with van der Waals surface area (Å²) in [7, 11) is 1.64. The highest BCUT2D eigenvalue weighted by atomic mass is 16.6. The number of benzene rings is 2. The minimum absolute atomic E-state index is 0.0609. The van der Waals surface area contributed by atoms with Gasteiger partial charge in [-0.05, 0) is 53.5 Å². The Morgan fingerprint density at radius 1 is 1.02 bits per heavy atom. The first-order valence-corrected chi connectivity index (χ1v) is 15.7. The molecule has 2 aromatic carbocycles. The van der Waals surface area contributed by atoms with Crippen LogP contribution in [0.15, 0.2) is 53.6 Å². The van der Waals surface area contributed by atoms with E-state index in [0.29, 0.717) is 82.2 Å². The Hall–Kier alpha value is -3.30. The number of aliphatic hydroxyl groups excluding tert-OH is 1. The quantitative estimate of drug-likeness (QED) is 0.0551. The molecule has 0 aliphatic carbocycles. The van der Waals surface area contributed by atoms with Crippen molar-refractivity contribution in [3.63, 3.8) is 0 Å². The topological polar surface area (TPSA) is 132 Å². The summed E-state index contributed by atoms with van der Waals surface area (Å²) in [6.07, 6.45) is 0.737. The van der Waals surface area contributed by atoms with E-state index in [4.69, 9.17) is 23.7 Å². The zero-order chi connectivity index (χ0) is 32.0. The monoisotopic (exact) mass is 611 g/mol. The first-order valence-electron chi connectivity index (χ1n) is 15.7. The lowest BCUT2D eigenvalue weighted by atomic mass is 9.75. The molecule has 0 bridgehead atoms. The van der Waals surface area contributed by atoms with Crippen LogP contribution in [-0.4, -0.2) is 56.3 Å². The van der Waals surface area contributed by atoms with Gasteiger partial charge in [0.15, 0.2) is 11.5 Å². The lowest BCUT2D eigenvalue weighted by Crippen LogP contribution is -2.46. The normalized spacial score (nSPS) is 18.5. The molecule has 0 spiro atoms. The number of carbonyl (C=O) groups is 1. The van der Waals surface area contributed by atoms with Gasteiger partial charge >= 0.3 is 5.97 Å². The molecule has 0 radical (unpaired) electrons. The van der Waals surface area contributed by atoms with Crippen LogP contribution in [0.1, 0.15) is 77.0 Å². The van der Waals surface area contributed by atoms with Crippen molar-refractivity contribution in [2.75, 3.05) is 33.5 Å². The van der Waals surface area contributed by atoms with E-state index in [1.807, 2.05) is 44.2 Å². The third kappa shape index (κ3) is 9.86. The van der Waals surface area contributed by atoms with E-state index in [0.717, 1.165) is 5.56 Å². The number of ether oxygens (including phenoxy) is 5. The number of nitrogens with zero attached hydrogens (tertiary/aromatic N) is 3. The van der Waals surface area contributed by atoms with Gasteiger partial charge in [0, 0.05) is 31.5 Å². The number of methoxy groups -OCH3 is 1. The van der Waals surface area contributed by atoms with Crippen molar-refractivity contribution in [2.24, 2.45) is 22.9 Å². The van der Waals surface area contributed by atoms with Crippen LogP contribution in [0, 0.1) is 17.8 Å². The van der Waals surface area contributed by atoms with E-state index >= 15 is 0 Å². The smallest absolute Gasteiger partial charge is 0.309 e. The number of hydrogen-bond donors (Lipinski definition) is 1. The van der Waals surface area contributed by atoms with Gasteiger partial charge in [0.1, 0.15) is 11.6 Å². The lowest BCUT2D eigenvalue weighted by Gasteiger charge is -2.38. The van der Waals surface area contributed by atoms with Crippen molar-refractivity contribution in [3.8, 4) is 11.5 Å². The fraction of sp³-hybridized carbons (Fsp3) is 0.618. The zero-order valence-corrected chi connectivity index (χ0v) is 26.8. The molecule has 1 fully saturated rings. The molecule has 0 amide bonds. The highest BCUT2D eigenvalue weighted by molar-refractivity contribution is 5.75. The molecule has 10 heteroatoms. The lowest BCUT2D eigenvalue weighted by molar-refractivity contribution is -0.149. The summed E-state index contributed by atoms with van der Waals surface area (Å²) >= 11 is 0. The third-order valence-electron chi connectivity index (χ3n) is 8.05. The molecule has 3 rings (SSSR count). The summed E-state index contributed by atoms with van der Waals surface area (Å²) in [6, 6.07) is 15.2. The van der Waals surface area contributed by atoms with Crippen molar-refractivity contribution in [1.82, 2.24) is 0 Å². The molecule has 1 heterocycles. The largest absolute Gasteiger partial charge is 0.490 e. The summed E-state index contributed by atoms with van der Waals surface area (Å²) < 4.78 is 28.9. The summed E-state index contributed by atoms with van der Waals surface area (Å²) in [5.41, 5.74) is 9.92. The average molecular weight is 612 g/mol. The molecule has 1 aliphatic rings. The van der Waals surface area contributed by atoms with Crippen molar-refractivity contribution in [1.29, 1.82) is 0 Å². The van der Waals surface area contributed by atoms with Crippen LogP contribution in [0.25, 0.3) is 10.4 Å². The van der Waals surface area contributed by atoms with E-state index in [-0.39, 0.29) is 23.7 Å². The minimum Gasteiger partial charge on any atom is -0.490 e. The maximum atomic E-state index is 12.8. The SMILES string of the molecule is COCCCOc1cc([C@@H](O)[C@](CCC(C)C)(N=[N+]=[N-])[C@@H]2C[C@@H](C(C)C)C(=O)O2)ccc1OCCCOCc1ccccc1. The van der Waals surface area contributed by atoms with Gasteiger partial charge in [0.25, 0.3) is 0 Å². The van der Waals surface area contributed by atoms with Crippen molar-refractivity contribution >= 4 is 5.97 Å². The highest BCUT2D eigenvalue weighted by Crippen LogP contribution is 2.46. The predicted octanol–water partition coefficient (Wildman–Crippen LogP) is 7.19. The van der Waals surface area contributed by atoms with E-state index in [9.17, 15) is 15.4 Å². The van der Waals surface area contributed by atoms with Crippen LogP contribution in [0.3, 0.4) is 0 Å². The molecule has 1 N–H and O–H groups in total. The Balaban J connectivity index is 1.81. The maximum absolute atomic E-state index is 12.8. The third-order valence-corrected chi connectivity index (χ3v) is 8.05. The molecular weight excluding hydrogens is 562 g/mol. The second-order valence-electron chi connectivity index (χ2n) is 12.2. The fourth-order valence-electron chi connectivity index (χ4n) is 5.41. The van der Waals surface area contributed by atoms with Gasteiger partial charge in [0.2, 0.25) is 0 Å². The summed E-state index contributed by atoms with van der Waals surface area (Å²) in [6.45, 7) is 10.5. The van der Waals surface area contributed by atoms with Crippen LogP contribution >= 0.6 is 0 Å². The molecule has 0 unspecified atom stereocenters. The number of esters is 1. The van der Waals surface area contributed by atoms with E-state index in [1.165, 1.54) is 0 Å². The molecule has 0 saturated carbocycles. The van der Waals surface area contributed by atoms with Crippen molar-refractivity contribution in [2.45, 2.75) is 84.2 Å². The molecule has 10 nitrogen and oxygen atoms in total. The van der Waals surface area contributed by atoms with Crippen molar-refractivity contribution < 1.29 is 33.6 Å². The molecule has 44 heavy (non-hydrogen) atoms. The van der Waals surface area contributed by atoms with Gasteiger partial charge < -0.3 is 28.8 Å². The molecule has 2 aromatic rings. The first kappa shape index (κ1) is 35.2. The second kappa shape index (κ2) is 17.9. The number of aliphatic hydroxyl groups is 1. The van der Waals surface area contributed by atoms with E-state index in [1.54, 1.807) is 25.3 Å². The minimum atomic E-state index is -1.38. The number of azide groups is 1. The van der Waals surface area contributed by atoms with Crippen LogP contribution in [0.2, 0.25) is 0 Å². The Morgan fingerprint density at radius 3 is 2.36 bits per heavy atom. The van der Waals surface area contributed by atoms with Crippen LogP contribution in [0.4, 0.5) is 0 Å². The second-order valence-corrected chi connectivity index (χ2v) is 12.2. The van der Waals surface area contributed by atoms with E-state index in [2.05, 4.69) is 23.9 Å². The summed E-state index contributed by atoms with van der Waals surface area (Å²) in [5, 5.41) is 16.2. The van der Waals surface area contributed by atoms with Gasteiger partial charge in [-0.1, -0.05) is 75.6 Å². The summed E-state index contributed by atoms with van der Waals surface area (Å²) in [4.78, 5) is 15.9. The Bertz CT molecular complexity index is 1200. The number of hydrogen-bond acceptors (Lipinski definition) is 8. The molecule has 1 aliphatic heterocycles. The van der Waals surface area contributed by atoms with Gasteiger partial charge in [-0.15, -0.1) is 0 Å². The van der Waals surface area contributed by atoms with Gasteiger partial charge in [-0.25, -0.2) is 0 Å². The van der Waals surface area contributed by atoms with Gasteiger partial charge in [0.05, 0.1) is 38.4 Å². The predicted molar refractivity (Wildman–Crippen MR) is 168 cm³/mol. The standard InChI is InChI=1S/C34H49N3O7/c1-24(2)15-16-34(36-37-35,31-22-28(25(3)4)33(39)44-31)32(38)27-13-14-29(30(21-27)43-19-9-17-40-5)42-20-10-18-41-23-26-11-7-6-8-12-26/h6-8,11-14,21,24-25,28,31-32,38H,9-10,15-20,22-23H2,1-5H3/t28-,31-,32+,34+/m0/s1. The van der Waals surface area contributed by atoms with Crippen LogP contribution in [0.5, 0.6) is 11.5 Å². The highest BCUT2D eigenvalue weighted by Gasteiger charge is 2.52. The van der Waals surface area contributed by atoms with Crippen LogP contribution in [-0.2, 0) is 25.6 Å². The fourth-order valence-corrected chi connectivity index (χ4v) is 5.41. The molecular formula is C34H49N3O7. The van der Waals surface area contributed by atoms with Gasteiger partial charge in [-0.2, -0.15) is 0 Å². The van der Waals surface area contributed by atoms with Crippen molar-refractivity contribution in [3.05, 3.63) is 70.1 Å². The Kier molecular flexibility index (Phi) is 14.3. The first-order chi connectivity index (χ1) is 21.2. The summed E-state index contributed by atoms with van der Waals surface area (Å²) in [5.74, 6) is 0.686.